The van der Waals surface area contributed by atoms with Crippen molar-refractivity contribution >= 4 is 35.6 Å². The molecule has 6 nitrogen and oxygen atoms in total. The third-order valence-corrected chi connectivity index (χ3v) is 4.27. The number of hydrogen-bond acceptors (Lipinski definition) is 4. The number of nitrogens with one attached hydrogen (secondary N) is 2. The number of methoxy groups -OCH3 is 1. The van der Waals surface area contributed by atoms with Crippen LogP contribution in [0.5, 0.6) is 5.75 Å². The monoisotopic (exact) mass is 512 g/mol. The van der Waals surface area contributed by atoms with E-state index in [1.165, 1.54) is 11.1 Å². The number of nitrogens with zero attached hydrogens (tertiary/aromatic N) is 2. The van der Waals surface area contributed by atoms with Crippen molar-refractivity contribution in [2.75, 3.05) is 46.3 Å². The van der Waals surface area contributed by atoms with Crippen LogP contribution in [0, 0.1) is 0 Å². The van der Waals surface area contributed by atoms with Crippen LogP contribution in [-0.4, -0.2) is 51.8 Å². The third-order valence-electron chi connectivity index (χ3n) is 4.27. The molecule has 7 heteroatoms. The zero-order valence-corrected chi connectivity index (χ0v) is 20.1. The molecule has 0 bridgehead atoms. The van der Waals surface area contributed by atoms with Crippen LogP contribution in [0.25, 0.3) is 0 Å². The fourth-order valence-electron chi connectivity index (χ4n) is 2.81. The molecule has 0 aliphatic heterocycles. The van der Waals surface area contributed by atoms with Crippen LogP contribution < -0.4 is 15.4 Å². The second kappa shape index (κ2) is 14.1. The normalized spacial score (nSPS) is 10.8. The average Bonchev–Trinajstić information content (AvgIpc) is 2.71. The molecular formula is C22H33IN4O2. The van der Waals surface area contributed by atoms with Crippen LogP contribution in [0.2, 0.25) is 0 Å². The van der Waals surface area contributed by atoms with E-state index in [-0.39, 0.29) is 24.0 Å². The maximum absolute atomic E-state index is 5.50. The van der Waals surface area contributed by atoms with E-state index in [0.29, 0.717) is 13.2 Å². The molecule has 0 aliphatic rings. The molecule has 0 aromatic heterocycles. The first-order valence-corrected chi connectivity index (χ1v) is 9.61. The van der Waals surface area contributed by atoms with Gasteiger partial charge in [0.1, 0.15) is 5.75 Å². The largest absolute Gasteiger partial charge is 0.494 e. The predicted octanol–water partition coefficient (Wildman–Crippen LogP) is 3.97. The lowest BCUT2D eigenvalue weighted by atomic mass is 10.2. The summed E-state index contributed by atoms with van der Waals surface area (Å²) in [5.41, 5.74) is 3.51. The Morgan fingerprint density at radius 3 is 2.28 bits per heavy atom. The van der Waals surface area contributed by atoms with Crippen molar-refractivity contribution in [1.29, 1.82) is 0 Å². The first kappa shape index (κ1) is 25.0. The van der Waals surface area contributed by atoms with E-state index < -0.39 is 0 Å². The lowest BCUT2D eigenvalue weighted by Gasteiger charge is -2.22. The first-order chi connectivity index (χ1) is 13.7. The predicted molar refractivity (Wildman–Crippen MR) is 131 cm³/mol. The van der Waals surface area contributed by atoms with Crippen LogP contribution >= 0.6 is 24.0 Å². The van der Waals surface area contributed by atoms with E-state index in [1.54, 1.807) is 14.2 Å². The molecule has 0 heterocycles. The third kappa shape index (κ3) is 8.91. The van der Waals surface area contributed by atoms with Gasteiger partial charge in [0, 0.05) is 46.5 Å². The van der Waals surface area contributed by atoms with E-state index in [4.69, 9.17) is 9.47 Å². The highest BCUT2D eigenvalue weighted by Crippen LogP contribution is 2.13. The summed E-state index contributed by atoms with van der Waals surface area (Å²) in [6, 6.07) is 16.6. The van der Waals surface area contributed by atoms with Gasteiger partial charge in [0.25, 0.3) is 0 Å². The van der Waals surface area contributed by atoms with Crippen molar-refractivity contribution in [2.24, 2.45) is 4.99 Å². The van der Waals surface area contributed by atoms with Gasteiger partial charge in [-0.05, 0) is 42.3 Å². The summed E-state index contributed by atoms with van der Waals surface area (Å²) in [6.07, 6.45) is 0. The quantitative estimate of drug-likeness (QED) is 0.219. The van der Waals surface area contributed by atoms with Crippen molar-refractivity contribution in [3.05, 3.63) is 59.7 Å². The molecule has 0 atom stereocenters. The molecule has 0 amide bonds. The van der Waals surface area contributed by atoms with Gasteiger partial charge in [0.05, 0.1) is 13.2 Å². The van der Waals surface area contributed by atoms with Gasteiger partial charge in [-0.2, -0.15) is 0 Å². The summed E-state index contributed by atoms with van der Waals surface area (Å²) >= 11 is 0. The Kier molecular flexibility index (Phi) is 12.1. The molecular weight excluding hydrogens is 479 g/mol. The van der Waals surface area contributed by atoms with Gasteiger partial charge in [-0.1, -0.05) is 24.3 Å². The van der Waals surface area contributed by atoms with E-state index in [0.717, 1.165) is 37.0 Å². The topological polar surface area (TPSA) is 58.1 Å². The van der Waals surface area contributed by atoms with Crippen LogP contribution in [0.15, 0.2) is 53.5 Å². The fraction of sp³-hybridized carbons (Fsp3) is 0.409. The van der Waals surface area contributed by atoms with Crippen molar-refractivity contribution < 1.29 is 9.47 Å². The SMILES string of the molecule is CCOc1ccc(CN(C)C(=NC)NCc2ccc(NCCOC)cc2)cc1.I. The number of guanidine groups is 1. The van der Waals surface area contributed by atoms with Crippen LogP contribution in [-0.2, 0) is 17.8 Å². The fourth-order valence-corrected chi connectivity index (χ4v) is 2.81. The van der Waals surface area contributed by atoms with Gasteiger partial charge in [-0.25, -0.2) is 0 Å². The Hall–Kier alpha value is -2.00. The highest BCUT2D eigenvalue weighted by molar-refractivity contribution is 14.0. The van der Waals surface area contributed by atoms with Gasteiger partial charge >= 0.3 is 0 Å². The van der Waals surface area contributed by atoms with E-state index >= 15 is 0 Å². The second-order valence-corrected chi connectivity index (χ2v) is 6.45. The zero-order valence-electron chi connectivity index (χ0n) is 17.8. The van der Waals surface area contributed by atoms with Crippen molar-refractivity contribution in [3.63, 3.8) is 0 Å². The Labute approximate surface area is 191 Å². The molecule has 0 aliphatic carbocycles. The summed E-state index contributed by atoms with van der Waals surface area (Å²) < 4.78 is 10.5. The van der Waals surface area contributed by atoms with Crippen LogP contribution in [0.1, 0.15) is 18.1 Å². The standard InChI is InChI=1S/C22H32N4O2.HI/c1-5-28-21-12-8-19(9-13-21)17-26(3)22(23-2)25-16-18-6-10-20(11-7-18)24-14-15-27-4;/h6-13,24H,5,14-17H2,1-4H3,(H,23,25);1H. The van der Waals surface area contributed by atoms with Crippen molar-refractivity contribution in [3.8, 4) is 5.75 Å². The number of ether oxygens (including phenoxy) is 2. The minimum atomic E-state index is 0. The Bertz CT molecular complexity index is 721. The Morgan fingerprint density at radius 2 is 1.69 bits per heavy atom. The smallest absolute Gasteiger partial charge is 0.193 e. The lowest BCUT2D eigenvalue weighted by Crippen LogP contribution is -2.38. The van der Waals surface area contributed by atoms with Gasteiger partial charge in [0.2, 0.25) is 0 Å². The molecule has 0 radical (unpaired) electrons. The molecule has 2 aromatic carbocycles. The number of anilines is 1. The number of benzene rings is 2. The van der Waals surface area contributed by atoms with Crippen LogP contribution in [0.3, 0.4) is 0 Å². The molecule has 160 valence electrons. The number of rotatable bonds is 10. The maximum Gasteiger partial charge on any atom is 0.193 e. The number of hydrogen-bond donors (Lipinski definition) is 2. The van der Waals surface area contributed by atoms with Crippen molar-refractivity contribution in [2.45, 2.75) is 20.0 Å². The van der Waals surface area contributed by atoms with E-state index in [1.807, 2.05) is 26.1 Å². The van der Waals surface area contributed by atoms with Gasteiger partial charge in [-0.15, -0.1) is 24.0 Å². The van der Waals surface area contributed by atoms with E-state index in [9.17, 15) is 0 Å². The van der Waals surface area contributed by atoms with Gasteiger partial charge in [0.15, 0.2) is 5.96 Å². The Balaban J connectivity index is 0.00000420. The molecule has 0 spiro atoms. The molecule has 0 fully saturated rings. The summed E-state index contributed by atoms with van der Waals surface area (Å²) in [7, 11) is 5.55. The molecule has 0 unspecified atom stereocenters. The molecule has 0 saturated carbocycles. The molecule has 2 aromatic rings. The second-order valence-electron chi connectivity index (χ2n) is 6.45. The molecule has 29 heavy (non-hydrogen) atoms. The molecule has 2 rings (SSSR count). The van der Waals surface area contributed by atoms with Crippen molar-refractivity contribution in [1.82, 2.24) is 10.2 Å². The summed E-state index contributed by atoms with van der Waals surface area (Å²) in [4.78, 5) is 6.50. The van der Waals surface area contributed by atoms with Gasteiger partial charge in [-0.3, -0.25) is 4.99 Å². The zero-order chi connectivity index (χ0) is 20.2. The maximum atomic E-state index is 5.50. The molecule has 2 N–H and O–H groups in total. The summed E-state index contributed by atoms with van der Waals surface area (Å²) in [5, 5.41) is 6.74. The molecule has 0 saturated heterocycles. The average molecular weight is 512 g/mol. The number of halogens is 1. The minimum absolute atomic E-state index is 0. The summed E-state index contributed by atoms with van der Waals surface area (Å²) in [6.45, 7) is 5.66. The van der Waals surface area contributed by atoms with Crippen LogP contribution in [0.4, 0.5) is 5.69 Å². The van der Waals surface area contributed by atoms with E-state index in [2.05, 4.69) is 56.9 Å². The minimum Gasteiger partial charge on any atom is -0.494 e. The Morgan fingerprint density at radius 1 is 1.03 bits per heavy atom. The highest BCUT2D eigenvalue weighted by atomic mass is 127. The number of aliphatic imine (C=N–C) groups is 1. The first-order valence-electron chi connectivity index (χ1n) is 9.61. The van der Waals surface area contributed by atoms with Gasteiger partial charge < -0.3 is 25.0 Å². The lowest BCUT2D eigenvalue weighted by molar-refractivity contribution is 0.211. The summed E-state index contributed by atoms with van der Waals surface area (Å²) in [5.74, 6) is 1.76. The highest BCUT2D eigenvalue weighted by Gasteiger charge is 2.07.